The number of nitrogens with zero attached hydrogens (tertiary/aromatic N) is 2. The van der Waals surface area contributed by atoms with Crippen LogP contribution in [0.4, 0.5) is 5.82 Å². The van der Waals surface area contributed by atoms with Crippen LogP contribution in [0.1, 0.15) is 45.4 Å². The van der Waals surface area contributed by atoms with Crippen molar-refractivity contribution >= 4 is 29.1 Å². The first kappa shape index (κ1) is 12.4. The Labute approximate surface area is 123 Å². The van der Waals surface area contributed by atoms with Crippen LogP contribution in [0.15, 0.2) is 0 Å². The summed E-state index contributed by atoms with van der Waals surface area (Å²) in [5.41, 5.74) is 0.488. The normalized spacial score (nSPS) is 41.5. The van der Waals surface area contributed by atoms with E-state index in [1.807, 2.05) is 0 Å². The zero-order valence-corrected chi connectivity index (χ0v) is 12.8. The summed E-state index contributed by atoms with van der Waals surface area (Å²) in [5, 5.41) is 4.08. The predicted molar refractivity (Wildman–Crippen MR) is 78.6 cm³/mol. The lowest BCUT2D eigenvalue weighted by molar-refractivity contribution is -0.0602. The summed E-state index contributed by atoms with van der Waals surface area (Å²) in [6, 6.07) is 0.460. The first-order valence-electron chi connectivity index (χ1n) is 7.39. The van der Waals surface area contributed by atoms with Gasteiger partial charge in [0.05, 0.1) is 11.7 Å². The number of halogens is 1. The summed E-state index contributed by atoms with van der Waals surface area (Å²) in [7, 11) is 0. The van der Waals surface area contributed by atoms with Crippen LogP contribution in [-0.2, 0) is 0 Å². The Hall–Kier alpha value is -0.350. The van der Waals surface area contributed by atoms with Crippen molar-refractivity contribution < 1.29 is 0 Å². The van der Waals surface area contributed by atoms with Gasteiger partial charge in [0.15, 0.2) is 11.0 Å². The van der Waals surface area contributed by atoms with E-state index < -0.39 is 0 Å². The fraction of sp³-hybridized carbons (Fsp3) is 0.857. The third-order valence-electron chi connectivity index (χ3n) is 5.81. The minimum absolute atomic E-state index is 0.460. The molecule has 0 saturated heterocycles. The van der Waals surface area contributed by atoms with Gasteiger partial charge in [-0.25, -0.2) is 0 Å². The molecule has 1 N–H and O–H groups in total. The molecule has 4 aliphatic rings. The molecular formula is C14H20ClN3S. The van der Waals surface area contributed by atoms with E-state index >= 15 is 0 Å². The highest BCUT2D eigenvalue weighted by Crippen LogP contribution is 2.61. The standard InChI is InChI=1S/C14H20ClN3S/c1-8(16-13-12(15)17-19-18-13)14-5-9-2-10(6-14)4-11(3-9)7-14/h8-11H,2-7H2,1H3,(H,16,18). The number of hydrogen-bond acceptors (Lipinski definition) is 4. The third kappa shape index (κ3) is 1.99. The van der Waals surface area contributed by atoms with E-state index in [1.165, 1.54) is 50.3 Å². The number of hydrogen-bond donors (Lipinski definition) is 1. The van der Waals surface area contributed by atoms with Crippen LogP contribution in [0.2, 0.25) is 5.15 Å². The molecule has 104 valence electrons. The van der Waals surface area contributed by atoms with Gasteiger partial charge in [-0.15, -0.1) is 0 Å². The number of nitrogens with one attached hydrogen (secondary N) is 1. The molecule has 5 rings (SSSR count). The Morgan fingerprint density at radius 2 is 1.74 bits per heavy atom. The zero-order valence-electron chi connectivity index (χ0n) is 11.2. The van der Waals surface area contributed by atoms with Crippen molar-refractivity contribution in [3.63, 3.8) is 0 Å². The lowest BCUT2D eigenvalue weighted by atomic mass is 9.48. The van der Waals surface area contributed by atoms with E-state index in [9.17, 15) is 0 Å². The first-order valence-corrected chi connectivity index (χ1v) is 8.50. The second-order valence-electron chi connectivity index (χ2n) is 7.05. The van der Waals surface area contributed by atoms with Gasteiger partial charge in [0, 0.05) is 6.04 Å². The van der Waals surface area contributed by atoms with Crippen LogP contribution in [0.3, 0.4) is 0 Å². The molecule has 1 heterocycles. The number of aromatic nitrogens is 2. The molecule has 5 heteroatoms. The molecule has 19 heavy (non-hydrogen) atoms. The molecule has 4 bridgehead atoms. The molecule has 0 radical (unpaired) electrons. The van der Waals surface area contributed by atoms with Gasteiger partial charge in [-0.3, -0.25) is 0 Å². The van der Waals surface area contributed by atoms with Crippen LogP contribution in [-0.4, -0.2) is 14.8 Å². The van der Waals surface area contributed by atoms with E-state index in [0.717, 1.165) is 23.6 Å². The Balaban J connectivity index is 1.56. The molecule has 0 spiro atoms. The maximum absolute atomic E-state index is 6.07. The molecule has 4 aliphatic carbocycles. The summed E-state index contributed by atoms with van der Waals surface area (Å²) in [5.74, 6) is 3.74. The molecule has 0 aliphatic heterocycles. The molecule has 1 atom stereocenters. The molecule has 0 amide bonds. The van der Waals surface area contributed by atoms with Crippen molar-refractivity contribution in [2.45, 2.75) is 51.5 Å². The molecule has 0 aromatic carbocycles. The lowest BCUT2D eigenvalue weighted by Crippen LogP contribution is -2.52. The first-order chi connectivity index (χ1) is 9.14. The Morgan fingerprint density at radius 1 is 1.16 bits per heavy atom. The van der Waals surface area contributed by atoms with Gasteiger partial charge >= 0.3 is 0 Å². The van der Waals surface area contributed by atoms with Crippen molar-refractivity contribution in [2.24, 2.45) is 23.2 Å². The smallest absolute Gasteiger partial charge is 0.186 e. The minimum atomic E-state index is 0.460. The summed E-state index contributed by atoms with van der Waals surface area (Å²) >= 11 is 7.26. The van der Waals surface area contributed by atoms with Crippen molar-refractivity contribution in [2.75, 3.05) is 5.32 Å². The van der Waals surface area contributed by atoms with Gasteiger partial charge in [0.25, 0.3) is 0 Å². The van der Waals surface area contributed by atoms with Gasteiger partial charge in [-0.1, -0.05) is 11.6 Å². The fourth-order valence-electron chi connectivity index (χ4n) is 5.33. The molecule has 1 unspecified atom stereocenters. The SMILES string of the molecule is CC(Nc1nsnc1Cl)C12CC3CC(CC(C3)C1)C2. The lowest BCUT2D eigenvalue weighted by Gasteiger charge is -2.59. The Bertz CT molecular complexity index is 452. The summed E-state index contributed by atoms with van der Waals surface area (Å²) in [6.07, 6.45) is 8.69. The van der Waals surface area contributed by atoms with Gasteiger partial charge < -0.3 is 5.32 Å². The molecule has 1 aromatic rings. The monoisotopic (exact) mass is 297 g/mol. The van der Waals surface area contributed by atoms with Crippen LogP contribution in [0.5, 0.6) is 0 Å². The molecule has 3 nitrogen and oxygen atoms in total. The van der Waals surface area contributed by atoms with E-state index in [0.29, 0.717) is 16.6 Å². The van der Waals surface area contributed by atoms with Gasteiger partial charge in [-0.05, 0) is 68.6 Å². The van der Waals surface area contributed by atoms with E-state index in [4.69, 9.17) is 11.6 Å². The van der Waals surface area contributed by atoms with Crippen LogP contribution >= 0.6 is 23.3 Å². The molecular weight excluding hydrogens is 278 g/mol. The third-order valence-corrected chi connectivity index (χ3v) is 6.70. The number of anilines is 1. The fourth-order valence-corrected chi connectivity index (χ4v) is 5.99. The van der Waals surface area contributed by atoms with E-state index in [1.54, 1.807) is 0 Å². The average molecular weight is 298 g/mol. The summed E-state index contributed by atoms with van der Waals surface area (Å²) in [6.45, 7) is 2.32. The summed E-state index contributed by atoms with van der Waals surface area (Å²) < 4.78 is 8.32. The van der Waals surface area contributed by atoms with Crippen LogP contribution in [0.25, 0.3) is 0 Å². The summed E-state index contributed by atoms with van der Waals surface area (Å²) in [4.78, 5) is 0. The highest BCUT2D eigenvalue weighted by Gasteiger charge is 2.53. The quantitative estimate of drug-likeness (QED) is 0.908. The maximum Gasteiger partial charge on any atom is 0.186 e. The maximum atomic E-state index is 6.07. The highest BCUT2D eigenvalue weighted by molar-refractivity contribution is 6.99. The Kier molecular flexibility index (Phi) is 2.82. The van der Waals surface area contributed by atoms with Gasteiger partial charge in [0.2, 0.25) is 0 Å². The van der Waals surface area contributed by atoms with E-state index in [-0.39, 0.29) is 0 Å². The molecule has 4 fully saturated rings. The Morgan fingerprint density at radius 3 is 2.21 bits per heavy atom. The van der Waals surface area contributed by atoms with Crippen molar-refractivity contribution in [3.8, 4) is 0 Å². The average Bonchev–Trinajstić information content (AvgIpc) is 2.73. The minimum Gasteiger partial charge on any atom is -0.364 e. The molecule has 1 aromatic heterocycles. The van der Waals surface area contributed by atoms with E-state index in [2.05, 4.69) is 21.0 Å². The largest absolute Gasteiger partial charge is 0.364 e. The second kappa shape index (κ2) is 4.32. The highest BCUT2D eigenvalue weighted by atomic mass is 35.5. The molecule has 4 saturated carbocycles. The second-order valence-corrected chi connectivity index (χ2v) is 7.94. The van der Waals surface area contributed by atoms with Gasteiger partial charge in [-0.2, -0.15) is 8.75 Å². The van der Waals surface area contributed by atoms with Crippen molar-refractivity contribution in [1.82, 2.24) is 8.75 Å². The van der Waals surface area contributed by atoms with Crippen LogP contribution < -0.4 is 5.32 Å². The van der Waals surface area contributed by atoms with Crippen molar-refractivity contribution in [1.29, 1.82) is 0 Å². The van der Waals surface area contributed by atoms with Crippen molar-refractivity contribution in [3.05, 3.63) is 5.15 Å². The van der Waals surface area contributed by atoms with Gasteiger partial charge in [0.1, 0.15) is 0 Å². The number of rotatable bonds is 3. The topological polar surface area (TPSA) is 37.8 Å². The predicted octanol–water partition coefficient (Wildman–Crippen LogP) is 4.21. The van der Waals surface area contributed by atoms with Crippen LogP contribution in [0, 0.1) is 23.2 Å². The zero-order chi connectivity index (χ0) is 13.0.